The minimum Gasteiger partial charge on any atom is -0.487 e. The van der Waals surface area contributed by atoms with E-state index in [0.29, 0.717) is 0 Å². The minimum atomic E-state index is 0.201. The lowest BCUT2D eigenvalue weighted by Crippen LogP contribution is -2.06. The van der Waals surface area contributed by atoms with E-state index in [0.717, 1.165) is 12.2 Å². The quantitative estimate of drug-likeness (QED) is 0.357. The topological polar surface area (TPSA) is 9.23 Å². The van der Waals surface area contributed by atoms with Crippen LogP contribution in [0.5, 0.6) is 0 Å². The number of ether oxygens (including phenoxy) is 1. The Kier molecular flexibility index (Phi) is 14.3. The van der Waals surface area contributed by atoms with E-state index in [4.69, 9.17) is 4.74 Å². The van der Waals surface area contributed by atoms with Gasteiger partial charge in [-0.1, -0.05) is 32.9 Å². The zero-order chi connectivity index (χ0) is 12.1. The zero-order valence-corrected chi connectivity index (χ0v) is 11.1. The van der Waals surface area contributed by atoms with Crippen molar-refractivity contribution in [1.82, 2.24) is 0 Å². The molecule has 0 rings (SSSR count). The molecule has 0 N–H and O–H groups in total. The second-order valence-electron chi connectivity index (χ2n) is 2.78. The maximum absolute atomic E-state index is 5.72. The van der Waals surface area contributed by atoms with Crippen molar-refractivity contribution < 1.29 is 4.74 Å². The molecule has 88 valence electrons. The highest BCUT2D eigenvalue weighted by molar-refractivity contribution is 5.11. The Hall–Kier alpha value is -0.980. The molecular weight excluding hydrogens is 184 g/mol. The van der Waals surface area contributed by atoms with Gasteiger partial charge in [-0.05, 0) is 45.4 Å². The van der Waals surface area contributed by atoms with Crippen molar-refractivity contribution in [3.8, 4) is 0 Å². The molecule has 1 heteroatoms. The molecule has 0 aliphatic rings. The number of rotatable bonds is 5. The molecule has 0 bridgehead atoms. The highest BCUT2D eigenvalue weighted by Crippen LogP contribution is 2.08. The van der Waals surface area contributed by atoms with Gasteiger partial charge in [-0.3, -0.25) is 0 Å². The second-order valence-corrected chi connectivity index (χ2v) is 2.78. The normalized spacial score (nSPS) is 13.9. The smallest absolute Gasteiger partial charge is 0.117 e. The van der Waals surface area contributed by atoms with Crippen LogP contribution in [-0.2, 0) is 4.74 Å². The van der Waals surface area contributed by atoms with Crippen LogP contribution < -0.4 is 0 Å². The lowest BCUT2D eigenvalue weighted by molar-refractivity contribution is 0.161. The summed E-state index contributed by atoms with van der Waals surface area (Å²) in [6, 6.07) is 0. The lowest BCUT2D eigenvalue weighted by atomic mass is 10.2. The maximum atomic E-state index is 5.72. The first-order chi connectivity index (χ1) is 7.28. The first-order valence-corrected chi connectivity index (χ1v) is 5.86. The van der Waals surface area contributed by atoms with E-state index in [-0.39, 0.29) is 6.10 Å². The van der Waals surface area contributed by atoms with Crippen LogP contribution in [0.1, 0.15) is 48.0 Å². The number of hydrogen-bond donors (Lipinski definition) is 0. The fourth-order valence-corrected chi connectivity index (χ4v) is 1.02. The molecule has 1 unspecified atom stereocenters. The molecule has 0 aliphatic heterocycles. The van der Waals surface area contributed by atoms with E-state index in [1.54, 1.807) is 0 Å². The summed E-state index contributed by atoms with van der Waals surface area (Å²) in [6.45, 7) is 12.1. The Bertz CT molecular complexity index is 199. The van der Waals surface area contributed by atoms with Gasteiger partial charge in [-0.25, -0.2) is 0 Å². The SMILES string of the molecule is C/C=C\C(=C/C)OC(/C=C/C)CC.CC. The van der Waals surface area contributed by atoms with Crippen LogP contribution in [-0.4, -0.2) is 6.10 Å². The fraction of sp³-hybridized carbons (Fsp3) is 0.571. The summed E-state index contributed by atoms with van der Waals surface area (Å²) < 4.78 is 5.72. The largest absolute Gasteiger partial charge is 0.487 e. The molecule has 0 aliphatic carbocycles. The monoisotopic (exact) mass is 210 g/mol. The molecule has 0 amide bonds. The van der Waals surface area contributed by atoms with Gasteiger partial charge in [-0.2, -0.15) is 0 Å². The van der Waals surface area contributed by atoms with E-state index in [1.807, 2.05) is 58.9 Å². The lowest BCUT2D eigenvalue weighted by Gasteiger charge is -2.14. The van der Waals surface area contributed by atoms with Crippen LogP contribution in [0.4, 0.5) is 0 Å². The van der Waals surface area contributed by atoms with Crippen molar-refractivity contribution in [1.29, 1.82) is 0 Å². The van der Waals surface area contributed by atoms with Crippen molar-refractivity contribution in [3.05, 3.63) is 36.1 Å². The van der Waals surface area contributed by atoms with E-state index in [1.165, 1.54) is 0 Å². The van der Waals surface area contributed by atoms with Gasteiger partial charge in [0.2, 0.25) is 0 Å². The van der Waals surface area contributed by atoms with Crippen LogP contribution >= 0.6 is 0 Å². The van der Waals surface area contributed by atoms with Crippen LogP contribution in [0.3, 0.4) is 0 Å². The molecule has 0 spiro atoms. The number of hydrogen-bond acceptors (Lipinski definition) is 1. The first-order valence-electron chi connectivity index (χ1n) is 5.86. The third-order valence-electron chi connectivity index (χ3n) is 1.71. The van der Waals surface area contributed by atoms with Crippen molar-refractivity contribution in [2.45, 2.75) is 54.1 Å². The molecule has 15 heavy (non-hydrogen) atoms. The Morgan fingerprint density at radius 2 is 1.73 bits per heavy atom. The molecule has 0 saturated heterocycles. The van der Waals surface area contributed by atoms with Crippen molar-refractivity contribution in [2.75, 3.05) is 0 Å². The van der Waals surface area contributed by atoms with E-state index in [2.05, 4.69) is 13.0 Å². The summed E-state index contributed by atoms with van der Waals surface area (Å²) in [6.07, 6.45) is 11.2. The zero-order valence-electron chi connectivity index (χ0n) is 11.1. The Balaban J connectivity index is 0. The summed E-state index contributed by atoms with van der Waals surface area (Å²) in [5, 5.41) is 0. The Labute approximate surface area is 95.5 Å². The van der Waals surface area contributed by atoms with E-state index in [9.17, 15) is 0 Å². The Morgan fingerprint density at radius 1 is 1.13 bits per heavy atom. The molecule has 0 aromatic heterocycles. The van der Waals surface area contributed by atoms with Gasteiger partial charge in [-0.15, -0.1) is 0 Å². The van der Waals surface area contributed by atoms with Crippen LogP contribution in [0.2, 0.25) is 0 Å². The predicted octanol–water partition coefficient (Wildman–Crippen LogP) is 4.86. The molecule has 0 heterocycles. The maximum Gasteiger partial charge on any atom is 0.117 e. The second kappa shape index (κ2) is 13.0. The predicted molar refractivity (Wildman–Crippen MR) is 69.9 cm³/mol. The van der Waals surface area contributed by atoms with Gasteiger partial charge in [0.25, 0.3) is 0 Å². The van der Waals surface area contributed by atoms with Gasteiger partial charge in [0.05, 0.1) is 0 Å². The van der Waals surface area contributed by atoms with Gasteiger partial charge >= 0.3 is 0 Å². The molecule has 0 aromatic rings. The van der Waals surface area contributed by atoms with Gasteiger partial charge in [0, 0.05) is 0 Å². The van der Waals surface area contributed by atoms with E-state index < -0.39 is 0 Å². The summed E-state index contributed by atoms with van der Waals surface area (Å²) in [5.74, 6) is 0.937. The van der Waals surface area contributed by atoms with Gasteiger partial charge < -0.3 is 4.74 Å². The molecule has 0 saturated carbocycles. The fourth-order valence-electron chi connectivity index (χ4n) is 1.02. The Morgan fingerprint density at radius 3 is 2.07 bits per heavy atom. The standard InChI is InChI=1S/C12H20O.C2H6/c1-5-9-11(7-3)13-12(8-4)10-6-2;1-2/h5-7,9-10,12H,8H2,1-4H3;1-2H3/b9-5-,10-6+,11-7+;. The third-order valence-corrected chi connectivity index (χ3v) is 1.71. The average Bonchev–Trinajstić information content (AvgIpc) is 2.30. The van der Waals surface area contributed by atoms with Gasteiger partial charge in [0.1, 0.15) is 11.9 Å². The van der Waals surface area contributed by atoms with Crippen LogP contribution in [0, 0.1) is 0 Å². The van der Waals surface area contributed by atoms with Crippen molar-refractivity contribution in [3.63, 3.8) is 0 Å². The van der Waals surface area contributed by atoms with Gasteiger partial charge in [0.15, 0.2) is 0 Å². The van der Waals surface area contributed by atoms with Crippen molar-refractivity contribution in [2.24, 2.45) is 0 Å². The summed E-state index contributed by atoms with van der Waals surface area (Å²) >= 11 is 0. The molecule has 0 fully saturated rings. The number of allylic oxidation sites excluding steroid dienone is 4. The molecule has 1 nitrogen and oxygen atoms in total. The molecular formula is C14H26O. The summed E-state index contributed by atoms with van der Waals surface area (Å²) in [7, 11) is 0. The molecule has 0 radical (unpaired) electrons. The minimum absolute atomic E-state index is 0.201. The highest BCUT2D eigenvalue weighted by Gasteiger charge is 2.02. The van der Waals surface area contributed by atoms with Crippen LogP contribution in [0.25, 0.3) is 0 Å². The summed E-state index contributed by atoms with van der Waals surface area (Å²) in [4.78, 5) is 0. The van der Waals surface area contributed by atoms with Crippen LogP contribution in [0.15, 0.2) is 36.1 Å². The average molecular weight is 210 g/mol. The molecule has 0 aromatic carbocycles. The third kappa shape index (κ3) is 9.33. The summed E-state index contributed by atoms with van der Waals surface area (Å²) in [5.41, 5.74) is 0. The van der Waals surface area contributed by atoms with Crippen molar-refractivity contribution >= 4 is 0 Å². The molecule has 1 atom stereocenters. The van der Waals surface area contributed by atoms with E-state index >= 15 is 0 Å². The highest BCUT2D eigenvalue weighted by atomic mass is 16.5. The first kappa shape index (κ1) is 16.4.